The number of carbonyl (C=O) groups excluding carboxylic acids is 1. The number of benzene rings is 6. The Bertz CT molecular complexity index is 1930. The summed E-state index contributed by atoms with van der Waals surface area (Å²) in [7, 11) is 0. The van der Waals surface area contributed by atoms with Gasteiger partial charge in [0.25, 0.3) is 0 Å². The van der Waals surface area contributed by atoms with Gasteiger partial charge >= 0.3 is 0 Å². The van der Waals surface area contributed by atoms with Gasteiger partial charge in [-0.15, -0.1) is 0 Å². The molecule has 1 nitrogen and oxygen atoms in total. The zero-order chi connectivity index (χ0) is 25.2. The molecule has 0 unspecified atom stereocenters. The third-order valence-corrected chi connectivity index (χ3v) is 7.99. The van der Waals surface area contributed by atoms with Gasteiger partial charge in [0.2, 0.25) is 0 Å². The number of allylic oxidation sites excluding steroid dienone is 4. The molecular weight excluding hydrogens is 460 g/mol. The molecule has 0 spiro atoms. The van der Waals surface area contributed by atoms with Crippen LogP contribution in [0.1, 0.15) is 22.3 Å². The third kappa shape index (κ3) is 2.84. The SMILES string of the molecule is O=C1C(c2ccccc2)=C2C(=C1c1ccccc1)c1ccc(-c3cccc4ccccc34)c3cccc2c13. The van der Waals surface area contributed by atoms with Gasteiger partial charge < -0.3 is 0 Å². The molecule has 2 aliphatic carbocycles. The molecule has 2 aliphatic rings. The second-order valence-corrected chi connectivity index (χ2v) is 9.98. The molecule has 0 bridgehead atoms. The van der Waals surface area contributed by atoms with Gasteiger partial charge in [-0.1, -0.05) is 133 Å². The number of ketones is 1. The lowest BCUT2D eigenvalue weighted by Crippen LogP contribution is -2.02. The molecular formula is C37H22O. The van der Waals surface area contributed by atoms with Crippen LogP contribution >= 0.6 is 0 Å². The Hall–Kier alpha value is -5.01. The first-order chi connectivity index (χ1) is 18.8. The molecule has 0 atom stereocenters. The van der Waals surface area contributed by atoms with Crippen LogP contribution in [0.15, 0.2) is 133 Å². The van der Waals surface area contributed by atoms with Crippen molar-refractivity contribution in [3.8, 4) is 11.1 Å². The average Bonchev–Trinajstić information content (AvgIpc) is 3.46. The molecule has 0 amide bonds. The summed E-state index contributed by atoms with van der Waals surface area (Å²) in [5.41, 5.74) is 10.4. The predicted octanol–water partition coefficient (Wildman–Crippen LogP) is 9.08. The summed E-state index contributed by atoms with van der Waals surface area (Å²) < 4.78 is 0. The highest BCUT2D eigenvalue weighted by molar-refractivity contribution is 6.61. The van der Waals surface area contributed by atoms with Crippen LogP contribution in [0.3, 0.4) is 0 Å². The molecule has 0 fully saturated rings. The zero-order valence-corrected chi connectivity index (χ0v) is 20.6. The molecule has 0 heterocycles. The summed E-state index contributed by atoms with van der Waals surface area (Å²) in [6.07, 6.45) is 0. The lowest BCUT2D eigenvalue weighted by molar-refractivity contribution is -0.108. The maximum atomic E-state index is 14.2. The van der Waals surface area contributed by atoms with Crippen molar-refractivity contribution in [1.82, 2.24) is 0 Å². The van der Waals surface area contributed by atoms with E-state index >= 15 is 0 Å². The lowest BCUT2D eigenvalue weighted by atomic mass is 9.89. The molecule has 6 aromatic carbocycles. The largest absolute Gasteiger partial charge is 0.289 e. The van der Waals surface area contributed by atoms with Crippen molar-refractivity contribution in [3.63, 3.8) is 0 Å². The van der Waals surface area contributed by atoms with E-state index in [9.17, 15) is 4.79 Å². The molecule has 0 radical (unpaired) electrons. The van der Waals surface area contributed by atoms with Crippen LogP contribution in [0.25, 0.3) is 55.0 Å². The van der Waals surface area contributed by atoms with Gasteiger partial charge in [-0.3, -0.25) is 4.79 Å². The maximum Gasteiger partial charge on any atom is 0.195 e. The molecule has 8 rings (SSSR count). The van der Waals surface area contributed by atoms with Crippen LogP contribution in [0.2, 0.25) is 0 Å². The first-order valence-electron chi connectivity index (χ1n) is 13.0. The minimum absolute atomic E-state index is 0.105. The lowest BCUT2D eigenvalue weighted by Gasteiger charge is -2.13. The first-order valence-corrected chi connectivity index (χ1v) is 13.0. The minimum Gasteiger partial charge on any atom is -0.289 e. The number of hydrogen-bond acceptors (Lipinski definition) is 1. The molecule has 176 valence electrons. The Balaban J connectivity index is 1.48. The topological polar surface area (TPSA) is 17.1 Å². The molecule has 6 aromatic rings. The molecule has 0 saturated carbocycles. The second-order valence-electron chi connectivity index (χ2n) is 9.98. The highest BCUT2D eigenvalue weighted by Gasteiger charge is 2.40. The van der Waals surface area contributed by atoms with E-state index in [2.05, 4.69) is 97.1 Å². The van der Waals surface area contributed by atoms with Gasteiger partial charge in [-0.25, -0.2) is 0 Å². The summed E-state index contributed by atoms with van der Waals surface area (Å²) >= 11 is 0. The van der Waals surface area contributed by atoms with Gasteiger partial charge in [0, 0.05) is 22.3 Å². The number of fused-ring (bicyclic) bond motifs is 4. The fraction of sp³-hybridized carbons (Fsp3) is 0. The van der Waals surface area contributed by atoms with E-state index in [1.165, 1.54) is 32.7 Å². The second kappa shape index (κ2) is 7.99. The standard InChI is InChI=1S/C37H22O/c38-37-32(24-12-3-1-4-13-24)35-30-20-10-19-29-28(27-18-9-16-23-11-7-8-17-26(23)27)21-22-31(34(29)30)36(35)33(37)25-14-5-2-6-15-25/h1-22H. The number of carbonyl (C=O) groups is 1. The van der Waals surface area contributed by atoms with Gasteiger partial charge in [0.1, 0.15) is 0 Å². The molecule has 0 aromatic heterocycles. The van der Waals surface area contributed by atoms with Crippen LogP contribution in [-0.2, 0) is 4.79 Å². The fourth-order valence-electron chi connectivity index (χ4n) is 6.42. The van der Waals surface area contributed by atoms with Crippen molar-refractivity contribution in [1.29, 1.82) is 0 Å². The van der Waals surface area contributed by atoms with Gasteiger partial charge in [-0.05, 0) is 54.9 Å². The Kier molecular flexibility index (Phi) is 4.44. The Morgan fingerprint density at radius 1 is 0.342 bits per heavy atom. The first kappa shape index (κ1) is 21.1. The van der Waals surface area contributed by atoms with Crippen LogP contribution in [-0.4, -0.2) is 5.78 Å². The van der Waals surface area contributed by atoms with E-state index in [0.717, 1.165) is 44.5 Å². The van der Waals surface area contributed by atoms with Crippen molar-refractivity contribution in [3.05, 3.63) is 156 Å². The Morgan fingerprint density at radius 2 is 0.816 bits per heavy atom. The fourth-order valence-corrected chi connectivity index (χ4v) is 6.42. The minimum atomic E-state index is 0.105. The van der Waals surface area contributed by atoms with Gasteiger partial charge in [-0.2, -0.15) is 0 Å². The van der Waals surface area contributed by atoms with Gasteiger partial charge in [0.15, 0.2) is 5.78 Å². The average molecular weight is 483 g/mol. The van der Waals surface area contributed by atoms with Crippen molar-refractivity contribution in [2.24, 2.45) is 0 Å². The Labute approximate surface area is 221 Å². The monoisotopic (exact) mass is 482 g/mol. The highest BCUT2D eigenvalue weighted by atomic mass is 16.1. The van der Waals surface area contributed by atoms with E-state index in [1.807, 2.05) is 36.4 Å². The quantitative estimate of drug-likeness (QED) is 0.246. The van der Waals surface area contributed by atoms with E-state index in [-0.39, 0.29) is 5.78 Å². The summed E-state index contributed by atoms with van der Waals surface area (Å²) in [6.45, 7) is 0. The van der Waals surface area contributed by atoms with E-state index in [4.69, 9.17) is 0 Å². The summed E-state index contributed by atoms with van der Waals surface area (Å²) in [6, 6.07) is 46.4. The highest BCUT2D eigenvalue weighted by Crippen LogP contribution is 2.57. The van der Waals surface area contributed by atoms with Crippen LogP contribution < -0.4 is 0 Å². The Morgan fingerprint density at radius 3 is 1.53 bits per heavy atom. The van der Waals surface area contributed by atoms with E-state index < -0.39 is 0 Å². The molecule has 1 heteroatoms. The molecule has 38 heavy (non-hydrogen) atoms. The molecule has 0 saturated heterocycles. The van der Waals surface area contributed by atoms with Crippen molar-refractivity contribution in [2.45, 2.75) is 0 Å². The van der Waals surface area contributed by atoms with E-state index in [1.54, 1.807) is 0 Å². The van der Waals surface area contributed by atoms with Crippen LogP contribution in [0.4, 0.5) is 0 Å². The third-order valence-electron chi connectivity index (χ3n) is 7.99. The summed E-state index contributed by atoms with van der Waals surface area (Å²) in [5.74, 6) is 0.105. The number of hydrogen-bond donors (Lipinski definition) is 0. The predicted molar refractivity (Wildman–Crippen MR) is 158 cm³/mol. The zero-order valence-electron chi connectivity index (χ0n) is 20.6. The summed E-state index contributed by atoms with van der Waals surface area (Å²) in [5, 5.41) is 4.94. The number of Topliss-reactive ketones (excluding diaryl/α,β-unsaturated/α-hetero) is 1. The molecule has 0 N–H and O–H groups in total. The van der Waals surface area contributed by atoms with E-state index in [0.29, 0.717) is 0 Å². The molecule has 0 aliphatic heterocycles. The van der Waals surface area contributed by atoms with Crippen molar-refractivity contribution in [2.75, 3.05) is 0 Å². The maximum absolute atomic E-state index is 14.2. The van der Waals surface area contributed by atoms with Crippen LogP contribution in [0, 0.1) is 0 Å². The normalized spacial score (nSPS) is 14.2. The summed E-state index contributed by atoms with van der Waals surface area (Å²) in [4.78, 5) is 14.2. The smallest absolute Gasteiger partial charge is 0.195 e. The van der Waals surface area contributed by atoms with Gasteiger partial charge in [0.05, 0.1) is 0 Å². The van der Waals surface area contributed by atoms with Crippen LogP contribution in [0.5, 0.6) is 0 Å². The van der Waals surface area contributed by atoms with Crippen molar-refractivity contribution < 1.29 is 4.79 Å². The number of rotatable bonds is 3. The van der Waals surface area contributed by atoms with Crippen molar-refractivity contribution >= 4 is 49.6 Å².